The molecule has 1 aromatic heterocycles. The number of ether oxygens (including phenoxy) is 1. The number of nitrogens with zero attached hydrogens (tertiary/aromatic N) is 4. The van der Waals surface area contributed by atoms with Crippen molar-refractivity contribution in [3.05, 3.63) is 67.5 Å². The summed E-state index contributed by atoms with van der Waals surface area (Å²) in [7, 11) is 0. The number of hydrogen-bond acceptors (Lipinski definition) is 8. The maximum absolute atomic E-state index is 11.5. The smallest absolute Gasteiger partial charge is 0.247 e. The molecule has 0 aliphatic carbocycles. The van der Waals surface area contributed by atoms with Crippen molar-refractivity contribution in [1.29, 1.82) is 0 Å². The van der Waals surface area contributed by atoms with Gasteiger partial charge in [-0.05, 0) is 55.5 Å². The Bertz CT molecular complexity index is 1030. The largest absolute Gasteiger partial charge is 0.491 e. The van der Waals surface area contributed by atoms with Crippen LogP contribution < -0.4 is 20.3 Å². The topological polar surface area (TPSA) is 112 Å². The van der Waals surface area contributed by atoms with Crippen LogP contribution in [0.4, 0.5) is 29.0 Å². The molecule has 9 nitrogen and oxygen atoms in total. The lowest BCUT2D eigenvalue weighted by Crippen LogP contribution is -2.19. The van der Waals surface area contributed by atoms with Crippen molar-refractivity contribution in [2.75, 3.05) is 35.3 Å². The Balaban J connectivity index is 1.76. The number of aliphatic hydroxyl groups is 1. The molecule has 160 valence electrons. The van der Waals surface area contributed by atoms with Gasteiger partial charge in [-0.1, -0.05) is 12.6 Å². The first-order valence-electron chi connectivity index (χ1n) is 9.73. The highest BCUT2D eigenvalue weighted by Crippen LogP contribution is 2.25. The van der Waals surface area contributed by atoms with Gasteiger partial charge in [0.15, 0.2) is 0 Å². The van der Waals surface area contributed by atoms with E-state index in [1.165, 1.54) is 12.4 Å². The monoisotopic (exact) mass is 420 g/mol. The van der Waals surface area contributed by atoms with Gasteiger partial charge in [0.05, 0.1) is 6.61 Å². The Morgan fingerprint density at radius 3 is 2.68 bits per heavy atom. The van der Waals surface area contributed by atoms with Gasteiger partial charge in [0.25, 0.3) is 0 Å². The van der Waals surface area contributed by atoms with E-state index in [9.17, 15) is 4.79 Å². The van der Waals surface area contributed by atoms with Crippen LogP contribution in [0.15, 0.2) is 67.5 Å². The van der Waals surface area contributed by atoms with E-state index >= 15 is 0 Å². The number of carbonyl (C=O) groups is 1. The highest BCUT2D eigenvalue weighted by Gasteiger charge is 2.12. The molecule has 0 saturated carbocycles. The van der Waals surface area contributed by atoms with Crippen LogP contribution in [0, 0.1) is 0 Å². The third kappa shape index (κ3) is 6.00. The lowest BCUT2D eigenvalue weighted by molar-refractivity contribution is -0.111. The van der Waals surface area contributed by atoms with Gasteiger partial charge in [-0.15, -0.1) is 0 Å². The van der Waals surface area contributed by atoms with Crippen molar-refractivity contribution in [2.24, 2.45) is 0 Å². The molecule has 3 aromatic rings. The van der Waals surface area contributed by atoms with Gasteiger partial charge in [0.1, 0.15) is 18.7 Å². The van der Waals surface area contributed by atoms with E-state index in [0.717, 1.165) is 5.69 Å². The number of aliphatic hydroxyl groups excluding tert-OH is 1. The highest BCUT2D eigenvalue weighted by atomic mass is 16.5. The van der Waals surface area contributed by atoms with E-state index in [1.54, 1.807) is 12.1 Å². The number of carbonyl (C=O) groups excluding carboxylic acids is 1. The molecule has 0 fully saturated rings. The SMILES string of the molecule is C=CC(=O)Nc1cccc(Nc2ncnc(N(CC)c3ccc(OCCO)cc3)n2)c1. The molecule has 0 aliphatic rings. The summed E-state index contributed by atoms with van der Waals surface area (Å²) in [5, 5.41) is 14.7. The molecule has 0 aliphatic heterocycles. The first-order chi connectivity index (χ1) is 15.1. The normalized spacial score (nSPS) is 10.3. The Morgan fingerprint density at radius 2 is 1.97 bits per heavy atom. The number of amides is 1. The third-order valence-electron chi connectivity index (χ3n) is 4.20. The second-order valence-electron chi connectivity index (χ2n) is 6.32. The first-order valence-corrected chi connectivity index (χ1v) is 9.73. The van der Waals surface area contributed by atoms with E-state index in [4.69, 9.17) is 9.84 Å². The highest BCUT2D eigenvalue weighted by molar-refractivity contribution is 5.99. The van der Waals surface area contributed by atoms with Crippen LogP contribution in [0.5, 0.6) is 5.75 Å². The summed E-state index contributed by atoms with van der Waals surface area (Å²) < 4.78 is 5.40. The predicted molar refractivity (Wildman–Crippen MR) is 120 cm³/mol. The molecule has 0 radical (unpaired) electrons. The van der Waals surface area contributed by atoms with Crippen LogP contribution >= 0.6 is 0 Å². The van der Waals surface area contributed by atoms with Gasteiger partial charge in [0.2, 0.25) is 17.8 Å². The van der Waals surface area contributed by atoms with E-state index in [-0.39, 0.29) is 19.1 Å². The van der Waals surface area contributed by atoms with Crippen LogP contribution in [-0.4, -0.2) is 45.7 Å². The molecule has 0 bridgehead atoms. The molecule has 0 atom stereocenters. The number of hydrogen-bond donors (Lipinski definition) is 3. The first kappa shape index (κ1) is 21.7. The lowest BCUT2D eigenvalue weighted by atomic mass is 10.2. The van der Waals surface area contributed by atoms with Crippen molar-refractivity contribution >= 4 is 34.9 Å². The summed E-state index contributed by atoms with van der Waals surface area (Å²) in [6.07, 6.45) is 2.65. The maximum atomic E-state index is 11.5. The Kier molecular flexibility index (Phi) is 7.50. The quantitative estimate of drug-likeness (QED) is 0.429. The average molecular weight is 420 g/mol. The summed E-state index contributed by atoms with van der Waals surface area (Å²) in [6, 6.07) is 14.7. The van der Waals surface area contributed by atoms with Crippen molar-refractivity contribution in [3.8, 4) is 5.75 Å². The fourth-order valence-electron chi connectivity index (χ4n) is 2.80. The standard InChI is InChI=1S/C22H24N6O3/c1-3-20(30)25-16-6-5-7-17(14-16)26-21-23-15-24-22(27-21)28(4-2)18-8-10-19(11-9-18)31-13-12-29/h3,5-11,14-15,29H,1,4,12-13H2,2H3,(H,25,30)(H,23,24,26,27). The minimum absolute atomic E-state index is 0.0347. The van der Waals surface area contributed by atoms with Gasteiger partial charge < -0.3 is 25.4 Å². The van der Waals surface area contributed by atoms with Crippen LogP contribution in [0.2, 0.25) is 0 Å². The minimum atomic E-state index is -0.286. The summed E-state index contributed by atoms with van der Waals surface area (Å²) in [5.41, 5.74) is 2.24. The molecule has 31 heavy (non-hydrogen) atoms. The van der Waals surface area contributed by atoms with E-state index in [2.05, 4.69) is 32.2 Å². The fourth-order valence-corrected chi connectivity index (χ4v) is 2.80. The predicted octanol–water partition coefficient (Wildman–Crippen LogP) is 3.27. The van der Waals surface area contributed by atoms with Crippen molar-refractivity contribution in [3.63, 3.8) is 0 Å². The van der Waals surface area contributed by atoms with Gasteiger partial charge in [-0.3, -0.25) is 4.79 Å². The van der Waals surface area contributed by atoms with E-state index < -0.39 is 0 Å². The molecule has 0 unspecified atom stereocenters. The fraction of sp³-hybridized carbons (Fsp3) is 0.182. The zero-order valence-corrected chi connectivity index (χ0v) is 17.2. The molecule has 3 rings (SSSR count). The zero-order valence-electron chi connectivity index (χ0n) is 17.2. The van der Waals surface area contributed by atoms with Gasteiger partial charge >= 0.3 is 0 Å². The molecule has 0 saturated heterocycles. The molecule has 3 N–H and O–H groups in total. The van der Waals surface area contributed by atoms with E-state index in [1.807, 2.05) is 48.2 Å². The number of anilines is 5. The number of nitrogens with one attached hydrogen (secondary N) is 2. The van der Waals surface area contributed by atoms with Gasteiger partial charge in [-0.25, -0.2) is 9.97 Å². The van der Waals surface area contributed by atoms with Crippen LogP contribution in [0.1, 0.15) is 6.92 Å². The van der Waals surface area contributed by atoms with Gasteiger partial charge in [0, 0.05) is 23.6 Å². The lowest BCUT2D eigenvalue weighted by Gasteiger charge is -2.21. The van der Waals surface area contributed by atoms with Crippen LogP contribution in [0.3, 0.4) is 0 Å². The second kappa shape index (κ2) is 10.7. The third-order valence-corrected chi connectivity index (χ3v) is 4.20. The summed E-state index contributed by atoms with van der Waals surface area (Å²) >= 11 is 0. The number of rotatable bonds is 10. The van der Waals surface area contributed by atoms with Crippen molar-refractivity contribution in [1.82, 2.24) is 15.0 Å². The second-order valence-corrected chi connectivity index (χ2v) is 6.32. The molecule has 1 amide bonds. The van der Waals surface area contributed by atoms with Gasteiger partial charge in [-0.2, -0.15) is 4.98 Å². The molecule has 0 spiro atoms. The Morgan fingerprint density at radius 1 is 1.19 bits per heavy atom. The van der Waals surface area contributed by atoms with Crippen LogP contribution in [0.25, 0.3) is 0 Å². The molecule has 9 heteroatoms. The number of benzene rings is 2. The average Bonchev–Trinajstić information content (AvgIpc) is 2.79. The molecule has 2 aromatic carbocycles. The Hall–Kier alpha value is -3.98. The molecular weight excluding hydrogens is 396 g/mol. The maximum Gasteiger partial charge on any atom is 0.247 e. The zero-order chi connectivity index (χ0) is 22.1. The molecule has 1 heterocycles. The van der Waals surface area contributed by atoms with Crippen LogP contribution in [-0.2, 0) is 4.79 Å². The minimum Gasteiger partial charge on any atom is -0.491 e. The Labute approximate surface area is 180 Å². The van der Waals surface area contributed by atoms with E-state index in [0.29, 0.717) is 35.6 Å². The summed E-state index contributed by atoms with van der Waals surface area (Å²) in [4.78, 5) is 26.4. The van der Waals surface area contributed by atoms with Crippen molar-refractivity contribution in [2.45, 2.75) is 6.92 Å². The number of aromatic nitrogens is 3. The summed E-state index contributed by atoms with van der Waals surface area (Å²) in [5.74, 6) is 1.25. The molecular formula is C22H24N6O3. The summed E-state index contributed by atoms with van der Waals surface area (Å²) in [6.45, 7) is 6.30. The van der Waals surface area contributed by atoms with Crippen molar-refractivity contribution < 1.29 is 14.6 Å².